The number of rotatable bonds is 4. The molecular formula is C19H24N2O4. The van der Waals surface area contributed by atoms with Crippen LogP contribution in [0.3, 0.4) is 0 Å². The second-order valence-electron chi connectivity index (χ2n) is 6.63. The Morgan fingerprint density at radius 1 is 1.00 bits per heavy atom. The minimum Gasteiger partial charge on any atom is -0.449 e. The van der Waals surface area contributed by atoms with Gasteiger partial charge < -0.3 is 14.5 Å². The number of hydrogen-bond donors (Lipinski definition) is 0. The number of hydrogen-bond acceptors (Lipinski definition) is 4. The zero-order valence-corrected chi connectivity index (χ0v) is 14.6. The van der Waals surface area contributed by atoms with Crippen LogP contribution < -0.4 is 4.90 Å². The average molecular weight is 344 g/mol. The van der Waals surface area contributed by atoms with Crippen molar-refractivity contribution in [3.63, 3.8) is 0 Å². The summed E-state index contributed by atoms with van der Waals surface area (Å²) in [4.78, 5) is 39.8. The molecule has 0 spiro atoms. The molecule has 2 aliphatic rings. The lowest BCUT2D eigenvalue weighted by Crippen LogP contribution is -2.42. The molecule has 0 bridgehead atoms. The number of ether oxygens (including phenoxy) is 1. The lowest BCUT2D eigenvalue weighted by molar-refractivity contribution is -0.140. The monoisotopic (exact) mass is 344 g/mol. The number of amides is 2. The Morgan fingerprint density at radius 2 is 1.68 bits per heavy atom. The molecule has 0 saturated carbocycles. The minimum atomic E-state index is -0.787. The largest absolute Gasteiger partial charge is 0.449 e. The van der Waals surface area contributed by atoms with Gasteiger partial charge in [-0.3, -0.25) is 9.59 Å². The van der Waals surface area contributed by atoms with E-state index in [-0.39, 0.29) is 11.8 Å². The van der Waals surface area contributed by atoms with Crippen molar-refractivity contribution >= 4 is 23.5 Å². The summed E-state index contributed by atoms with van der Waals surface area (Å²) in [7, 11) is 0. The number of likely N-dealkylation sites (tertiary alicyclic amines) is 1. The van der Waals surface area contributed by atoms with Gasteiger partial charge in [0.1, 0.15) is 0 Å². The van der Waals surface area contributed by atoms with Gasteiger partial charge in [-0.05, 0) is 56.9 Å². The van der Waals surface area contributed by atoms with Gasteiger partial charge in [0.25, 0.3) is 5.91 Å². The van der Waals surface area contributed by atoms with Crippen LogP contribution in [0.4, 0.5) is 5.69 Å². The van der Waals surface area contributed by atoms with E-state index in [4.69, 9.17) is 4.74 Å². The van der Waals surface area contributed by atoms with Gasteiger partial charge in [0.2, 0.25) is 5.91 Å². The van der Waals surface area contributed by atoms with Gasteiger partial charge in [-0.25, -0.2) is 4.79 Å². The fourth-order valence-corrected chi connectivity index (χ4v) is 3.35. The topological polar surface area (TPSA) is 66.9 Å². The summed E-state index contributed by atoms with van der Waals surface area (Å²) < 4.78 is 5.33. The van der Waals surface area contributed by atoms with E-state index in [2.05, 4.69) is 0 Å². The highest BCUT2D eigenvalue weighted by Crippen LogP contribution is 2.22. The molecule has 2 saturated heterocycles. The molecule has 0 aromatic heterocycles. The molecule has 25 heavy (non-hydrogen) atoms. The first-order chi connectivity index (χ1) is 12.1. The van der Waals surface area contributed by atoms with Crippen LogP contribution in [0.25, 0.3) is 0 Å². The third-order valence-electron chi connectivity index (χ3n) is 4.79. The normalized spacial score (nSPS) is 19.0. The molecule has 2 fully saturated rings. The zero-order valence-electron chi connectivity index (χ0n) is 14.6. The van der Waals surface area contributed by atoms with Crippen LogP contribution in [-0.4, -0.2) is 48.4 Å². The summed E-state index contributed by atoms with van der Waals surface area (Å²) >= 11 is 0. The van der Waals surface area contributed by atoms with Crippen LogP contribution >= 0.6 is 0 Å². The molecule has 0 radical (unpaired) electrons. The summed E-state index contributed by atoms with van der Waals surface area (Å²) in [6, 6.07) is 6.77. The van der Waals surface area contributed by atoms with Gasteiger partial charge in [-0.15, -0.1) is 0 Å². The van der Waals surface area contributed by atoms with Crippen molar-refractivity contribution in [2.24, 2.45) is 0 Å². The van der Waals surface area contributed by atoms with Gasteiger partial charge in [0.15, 0.2) is 6.10 Å². The molecule has 1 atom stereocenters. The van der Waals surface area contributed by atoms with Crippen molar-refractivity contribution in [1.29, 1.82) is 0 Å². The van der Waals surface area contributed by atoms with Crippen molar-refractivity contribution in [1.82, 2.24) is 4.90 Å². The first kappa shape index (κ1) is 17.5. The molecule has 0 aliphatic carbocycles. The van der Waals surface area contributed by atoms with E-state index in [1.54, 1.807) is 41.0 Å². The zero-order chi connectivity index (χ0) is 17.8. The molecular weight excluding hydrogens is 320 g/mol. The molecule has 3 rings (SSSR count). The highest BCUT2D eigenvalue weighted by atomic mass is 16.5. The second kappa shape index (κ2) is 7.68. The Labute approximate surface area is 147 Å². The Hall–Kier alpha value is -2.37. The van der Waals surface area contributed by atoms with Crippen LogP contribution in [0.15, 0.2) is 24.3 Å². The summed E-state index contributed by atoms with van der Waals surface area (Å²) in [5, 5.41) is 0. The van der Waals surface area contributed by atoms with Gasteiger partial charge in [-0.1, -0.05) is 0 Å². The predicted octanol–water partition coefficient (Wildman–Crippen LogP) is 2.37. The summed E-state index contributed by atoms with van der Waals surface area (Å²) in [5.41, 5.74) is 1.17. The van der Waals surface area contributed by atoms with Crippen molar-refractivity contribution < 1.29 is 19.1 Å². The second-order valence-corrected chi connectivity index (χ2v) is 6.63. The smallest absolute Gasteiger partial charge is 0.338 e. The fraction of sp³-hybridized carbons (Fsp3) is 0.526. The quantitative estimate of drug-likeness (QED) is 0.787. The van der Waals surface area contributed by atoms with Gasteiger partial charge in [0, 0.05) is 31.7 Å². The number of anilines is 1. The molecule has 2 amide bonds. The summed E-state index contributed by atoms with van der Waals surface area (Å²) in [5.74, 6) is -0.541. The molecule has 6 heteroatoms. The average Bonchev–Trinajstić information content (AvgIpc) is 3.07. The van der Waals surface area contributed by atoms with E-state index < -0.39 is 12.1 Å². The van der Waals surface area contributed by atoms with E-state index in [0.717, 1.165) is 44.5 Å². The van der Waals surface area contributed by atoms with E-state index >= 15 is 0 Å². The number of carbonyl (C=O) groups is 3. The van der Waals surface area contributed by atoms with Crippen LogP contribution in [0, 0.1) is 0 Å². The Morgan fingerprint density at radius 3 is 2.28 bits per heavy atom. The van der Waals surface area contributed by atoms with Crippen LogP contribution in [0.5, 0.6) is 0 Å². The lowest BCUT2D eigenvalue weighted by atomic mass is 10.1. The third kappa shape index (κ3) is 4.00. The molecule has 134 valence electrons. The van der Waals surface area contributed by atoms with Gasteiger partial charge in [0.05, 0.1) is 5.56 Å². The predicted molar refractivity (Wildman–Crippen MR) is 93.3 cm³/mol. The molecule has 1 aromatic carbocycles. The highest BCUT2D eigenvalue weighted by Gasteiger charge is 2.26. The third-order valence-corrected chi connectivity index (χ3v) is 4.79. The Bertz CT molecular complexity index is 650. The first-order valence-corrected chi connectivity index (χ1v) is 8.96. The fourth-order valence-electron chi connectivity index (χ4n) is 3.35. The molecule has 2 heterocycles. The highest BCUT2D eigenvalue weighted by molar-refractivity contribution is 5.96. The van der Waals surface area contributed by atoms with E-state index in [1.165, 1.54) is 0 Å². The molecule has 1 aromatic rings. The van der Waals surface area contributed by atoms with Crippen LogP contribution in [-0.2, 0) is 14.3 Å². The maximum atomic E-state index is 12.3. The molecule has 2 aliphatic heterocycles. The number of esters is 1. The number of benzene rings is 1. The van der Waals surface area contributed by atoms with Gasteiger partial charge >= 0.3 is 5.97 Å². The van der Waals surface area contributed by atoms with E-state index in [9.17, 15) is 14.4 Å². The SMILES string of the molecule is C[C@H](OC(=O)c1ccc(N2CCCC2=O)cc1)C(=O)N1CCCCC1. The number of piperidine rings is 1. The summed E-state index contributed by atoms with van der Waals surface area (Å²) in [6.45, 7) is 3.80. The first-order valence-electron chi connectivity index (χ1n) is 8.96. The van der Waals surface area contributed by atoms with E-state index in [0.29, 0.717) is 18.5 Å². The van der Waals surface area contributed by atoms with Crippen molar-refractivity contribution in [2.75, 3.05) is 24.5 Å². The van der Waals surface area contributed by atoms with Crippen molar-refractivity contribution in [2.45, 2.75) is 45.1 Å². The van der Waals surface area contributed by atoms with Crippen molar-refractivity contribution in [3.05, 3.63) is 29.8 Å². The van der Waals surface area contributed by atoms with Crippen LogP contribution in [0.2, 0.25) is 0 Å². The Balaban J connectivity index is 1.58. The maximum Gasteiger partial charge on any atom is 0.338 e. The minimum absolute atomic E-state index is 0.107. The lowest BCUT2D eigenvalue weighted by Gasteiger charge is -2.28. The molecule has 6 nitrogen and oxygen atoms in total. The van der Waals surface area contributed by atoms with Gasteiger partial charge in [-0.2, -0.15) is 0 Å². The number of nitrogens with zero attached hydrogens (tertiary/aromatic N) is 2. The standard InChI is InChI=1S/C19H24N2O4/c1-14(18(23)20-11-3-2-4-12-20)25-19(24)15-7-9-16(10-8-15)21-13-5-6-17(21)22/h7-10,14H,2-6,11-13H2,1H3/t14-/m0/s1. The molecule has 0 unspecified atom stereocenters. The van der Waals surface area contributed by atoms with Crippen LogP contribution in [0.1, 0.15) is 49.4 Å². The Kier molecular flexibility index (Phi) is 5.36. The van der Waals surface area contributed by atoms with Crippen molar-refractivity contribution in [3.8, 4) is 0 Å². The molecule has 0 N–H and O–H groups in total. The van der Waals surface area contributed by atoms with E-state index in [1.807, 2.05) is 0 Å². The maximum absolute atomic E-state index is 12.3. The number of carbonyl (C=O) groups excluding carboxylic acids is 3. The summed E-state index contributed by atoms with van der Waals surface area (Å²) in [6.07, 6.45) is 3.79.